The summed E-state index contributed by atoms with van der Waals surface area (Å²) in [6.07, 6.45) is 0. The highest BCUT2D eigenvalue weighted by atomic mass is 79.9. The average molecular weight is 432 g/mol. The molecule has 0 atom stereocenters. The van der Waals surface area contributed by atoms with Gasteiger partial charge in [0, 0.05) is 15.6 Å². The highest BCUT2D eigenvalue weighted by Crippen LogP contribution is 2.26. The Bertz CT molecular complexity index is 1030. The van der Waals surface area contributed by atoms with Crippen molar-refractivity contribution in [1.29, 1.82) is 0 Å². The second-order valence-corrected chi connectivity index (χ2v) is 7.47. The lowest BCUT2D eigenvalue weighted by Crippen LogP contribution is -2.00. The van der Waals surface area contributed by atoms with Gasteiger partial charge < -0.3 is 4.74 Å². The Morgan fingerprint density at radius 2 is 1.07 bits per heavy atom. The molecule has 0 aliphatic rings. The topological polar surface area (TPSA) is 47.9 Å². The molecule has 0 amide bonds. The van der Waals surface area contributed by atoms with Crippen LogP contribution in [0.3, 0.4) is 0 Å². The minimum absolute atomic E-state index is 0.267. The van der Waals surface area contributed by atoms with Gasteiger partial charge in [-0.15, -0.1) is 0 Å². The van der Waals surface area contributed by atoms with Gasteiger partial charge >= 0.3 is 6.01 Å². The van der Waals surface area contributed by atoms with Gasteiger partial charge in [-0.25, -0.2) is 4.98 Å². The van der Waals surface area contributed by atoms with Crippen molar-refractivity contribution in [1.82, 2.24) is 15.0 Å². The first-order valence-corrected chi connectivity index (χ1v) is 9.70. The maximum Gasteiger partial charge on any atom is 0.326 e. The number of nitrogens with zero attached hydrogens (tertiary/aromatic N) is 3. The van der Waals surface area contributed by atoms with Crippen LogP contribution in [-0.4, -0.2) is 15.0 Å². The molecule has 0 spiro atoms. The Kier molecular flexibility index (Phi) is 5.17. The average Bonchev–Trinajstić information content (AvgIpc) is 2.71. The molecule has 0 N–H and O–H groups in total. The Morgan fingerprint density at radius 3 is 1.54 bits per heavy atom. The minimum Gasteiger partial charge on any atom is -0.424 e. The minimum atomic E-state index is 0.267. The molecule has 28 heavy (non-hydrogen) atoms. The molecular formula is C23H18BrN3O. The fourth-order valence-electron chi connectivity index (χ4n) is 2.67. The molecule has 0 saturated carbocycles. The van der Waals surface area contributed by atoms with Crippen molar-refractivity contribution in [2.45, 2.75) is 13.8 Å². The standard InChI is InChI=1S/C23H18BrN3O/c1-15-3-7-17(8-4-15)21-25-22(18-9-5-16(2)6-10-18)27-23(26-21)28-20-13-11-19(24)12-14-20/h3-14H,1-2H3. The second-order valence-electron chi connectivity index (χ2n) is 6.55. The van der Waals surface area contributed by atoms with Crippen LogP contribution in [0.2, 0.25) is 0 Å². The van der Waals surface area contributed by atoms with Gasteiger partial charge in [0.25, 0.3) is 0 Å². The van der Waals surface area contributed by atoms with Gasteiger partial charge in [0.15, 0.2) is 11.6 Å². The molecule has 4 nitrogen and oxygen atoms in total. The highest BCUT2D eigenvalue weighted by Gasteiger charge is 2.12. The number of aryl methyl sites for hydroxylation is 2. The molecule has 0 aliphatic carbocycles. The SMILES string of the molecule is Cc1ccc(-c2nc(Oc3ccc(Br)cc3)nc(-c3ccc(C)cc3)n2)cc1. The first-order valence-electron chi connectivity index (χ1n) is 8.90. The van der Waals surface area contributed by atoms with E-state index in [1.54, 1.807) is 0 Å². The van der Waals surface area contributed by atoms with Crippen LogP contribution in [0.15, 0.2) is 77.3 Å². The Balaban J connectivity index is 1.78. The molecule has 3 aromatic carbocycles. The fourth-order valence-corrected chi connectivity index (χ4v) is 2.94. The van der Waals surface area contributed by atoms with E-state index in [-0.39, 0.29) is 6.01 Å². The van der Waals surface area contributed by atoms with Gasteiger partial charge in [0.1, 0.15) is 5.75 Å². The van der Waals surface area contributed by atoms with Crippen LogP contribution in [0, 0.1) is 13.8 Å². The largest absolute Gasteiger partial charge is 0.424 e. The van der Waals surface area contributed by atoms with E-state index in [0.29, 0.717) is 17.4 Å². The molecular weight excluding hydrogens is 414 g/mol. The molecule has 4 rings (SSSR count). The summed E-state index contributed by atoms with van der Waals surface area (Å²) in [7, 11) is 0. The lowest BCUT2D eigenvalue weighted by atomic mass is 10.1. The summed E-state index contributed by atoms with van der Waals surface area (Å²) < 4.78 is 6.90. The number of hydrogen-bond acceptors (Lipinski definition) is 4. The Hall–Kier alpha value is -3.05. The number of benzene rings is 3. The fraction of sp³-hybridized carbons (Fsp3) is 0.0870. The van der Waals surface area contributed by atoms with Crippen LogP contribution in [0.4, 0.5) is 0 Å². The van der Waals surface area contributed by atoms with Crippen LogP contribution in [-0.2, 0) is 0 Å². The van der Waals surface area contributed by atoms with Crippen LogP contribution >= 0.6 is 15.9 Å². The van der Waals surface area contributed by atoms with E-state index in [1.165, 1.54) is 11.1 Å². The van der Waals surface area contributed by atoms with E-state index in [9.17, 15) is 0 Å². The predicted octanol–water partition coefficient (Wildman–Crippen LogP) is 6.38. The van der Waals surface area contributed by atoms with Gasteiger partial charge in [-0.1, -0.05) is 75.6 Å². The number of halogens is 1. The zero-order chi connectivity index (χ0) is 19.5. The third kappa shape index (κ3) is 4.26. The molecule has 0 fully saturated rings. The first-order chi connectivity index (χ1) is 13.6. The van der Waals surface area contributed by atoms with Crippen molar-refractivity contribution < 1.29 is 4.74 Å². The van der Waals surface area contributed by atoms with Crippen LogP contribution < -0.4 is 4.74 Å². The number of rotatable bonds is 4. The summed E-state index contributed by atoms with van der Waals surface area (Å²) >= 11 is 3.43. The quantitative estimate of drug-likeness (QED) is 0.376. The van der Waals surface area contributed by atoms with Crippen molar-refractivity contribution in [2.24, 2.45) is 0 Å². The molecule has 0 aliphatic heterocycles. The van der Waals surface area contributed by atoms with E-state index in [2.05, 4.69) is 44.7 Å². The smallest absolute Gasteiger partial charge is 0.326 e. The van der Waals surface area contributed by atoms with E-state index < -0.39 is 0 Å². The third-order valence-electron chi connectivity index (χ3n) is 4.26. The van der Waals surface area contributed by atoms with Crippen LogP contribution in [0.5, 0.6) is 11.8 Å². The first kappa shape index (κ1) is 18.3. The second kappa shape index (κ2) is 7.90. The van der Waals surface area contributed by atoms with Crippen LogP contribution in [0.25, 0.3) is 22.8 Å². The lowest BCUT2D eigenvalue weighted by Gasteiger charge is -2.09. The maximum atomic E-state index is 5.92. The van der Waals surface area contributed by atoms with Gasteiger partial charge in [-0.3, -0.25) is 0 Å². The lowest BCUT2D eigenvalue weighted by molar-refractivity contribution is 0.441. The summed E-state index contributed by atoms with van der Waals surface area (Å²) in [4.78, 5) is 13.8. The molecule has 1 aromatic heterocycles. The molecule has 4 aromatic rings. The van der Waals surface area contributed by atoms with Gasteiger partial charge in [-0.05, 0) is 38.1 Å². The summed E-state index contributed by atoms with van der Waals surface area (Å²) in [5.74, 6) is 1.83. The zero-order valence-corrected chi connectivity index (χ0v) is 17.1. The molecule has 0 saturated heterocycles. The zero-order valence-electron chi connectivity index (χ0n) is 15.6. The molecule has 0 unspecified atom stereocenters. The Morgan fingerprint density at radius 1 is 0.607 bits per heavy atom. The third-order valence-corrected chi connectivity index (χ3v) is 4.79. The van der Waals surface area contributed by atoms with Crippen molar-refractivity contribution in [2.75, 3.05) is 0 Å². The van der Waals surface area contributed by atoms with E-state index in [4.69, 9.17) is 4.74 Å². The van der Waals surface area contributed by atoms with E-state index in [0.717, 1.165) is 15.6 Å². The molecule has 0 radical (unpaired) electrons. The number of aromatic nitrogens is 3. The Labute approximate surface area is 172 Å². The summed E-state index contributed by atoms with van der Waals surface area (Å²) in [6, 6.07) is 24.0. The summed E-state index contributed by atoms with van der Waals surface area (Å²) in [6.45, 7) is 4.11. The van der Waals surface area contributed by atoms with E-state index in [1.807, 2.05) is 72.8 Å². The van der Waals surface area contributed by atoms with Crippen molar-refractivity contribution in [3.63, 3.8) is 0 Å². The molecule has 5 heteroatoms. The van der Waals surface area contributed by atoms with Gasteiger partial charge in [0.2, 0.25) is 0 Å². The van der Waals surface area contributed by atoms with E-state index >= 15 is 0 Å². The molecule has 1 heterocycles. The normalized spacial score (nSPS) is 10.7. The summed E-state index contributed by atoms with van der Waals surface area (Å²) in [5, 5.41) is 0. The summed E-state index contributed by atoms with van der Waals surface area (Å²) in [5.41, 5.74) is 4.20. The monoisotopic (exact) mass is 431 g/mol. The van der Waals surface area contributed by atoms with Gasteiger partial charge in [-0.2, -0.15) is 9.97 Å². The number of ether oxygens (including phenoxy) is 1. The maximum absolute atomic E-state index is 5.92. The van der Waals surface area contributed by atoms with Gasteiger partial charge in [0.05, 0.1) is 0 Å². The van der Waals surface area contributed by atoms with Crippen molar-refractivity contribution in [3.8, 4) is 34.5 Å². The van der Waals surface area contributed by atoms with Crippen LogP contribution in [0.1, 0.15) is 11.1 Å². The predicted molar refractivity (Wildman–Crippen MR) is 114 cm³/mol. The number of hydrogen-bond donors (Lipinski definition) is 0. The highest BCUT2D eigenvalue weighted by molar-refractivity contribution is 9.10. The van der Waals surface area contributed by atoms with Crippen molar-refractivity contribution in [3.05, 3.63) is 88.4 Å². The molecule has 138 valence electrons. The molecule has 0 bridgehead atoms. The van der Waals surface area contributed by atoms with Crippen molar-refractivity contribution >= 4 is 15.9 Å².